The maximum absolute atomic E-state index is 13.9. The predicted molar refractivity (Wildman–Crippen MR) is 159 cm³/mol. The predicted octanol–water partition coefficient (Wildman–Crippen LogP) is 4.92. The van der Waals surface area contributed by atoms with Crippen LogP contribution in [0, 0.1) is 17.2 Å². The van der Waals surface area contributed by atoms with Gasteiger partial charge in [0.15, 0.2) is 5.82 Å². The van der Waals surface area contributed by atoms with Crippen molar-refractivity contribution in [1.82, 2.24) is 25.1 Å². The van der Waals surface area contributed by atoms with Gasteiger partial charge in [-0.3, -0.25) is 9.69 Å². The van der Waals surface area contributed by atoms with Crippen LogP contribution in [0.3, 0.4) is 0 Å². The Labute approximate surface area is 245 Å². The van der Waals surface area contributed by atoms with Gasteiger partial charge in [-0.1, -0.05) is 18.2 Å². The highest BCUT2D eigenvalue weighted by molar-refractivity contribution is 6.10. The molecule has 0 radical (unpaired) electrons. The van der Waals surface area contributed by atoms with E-state index >= 15 is 0 Å². The Morgan fingerprint density at radius 3 is 2.60 bits per heavy atom. The number of nitriles is 1. The fourth-order valence-electron chi connectivity index (χ4n) is 5.78. The Morgan fingerprint density at radius 1 is 1.07 bits per heavy atom. The van der Waals surface area contributed by atoms with E-state index in [9.17, 15) is 10.1 Å². The first-order valence-corrected chi connectivity index (χ1v) is 14.5. The summed E-state index contributed by atoms with van der Waals surface area (Å²) in [7, 11) is 1.89. The van der Waals surface area contributed by atoms with E-state index in [0.717, 1.165) is 71.7 Å². The van der Waals surface area contributed by atoms with Crippen LogP contribution in [0.2, 0.25) is 0 Å². The number of benzene rings is 2. The third-order valence-electron chi connectivity index (χ3n) is 8.69. The van der Waals surface area contributed by atoms with Crippen molar-refractivity contribution in [2.45, 2.75) is 44.7 Å². The summed E-state index contributed by atoms with van der Waals surface area (Å²) in [6.45, 7) is 7.29. The van der Waals surface area contributed by atoms with E-state index in [4.69, 9.17) is 9.72 Å². The Bertz CT molecular complexity index is 1740. The largest absolute Gasteiger partial charge is 0.381 e. The highest BCUT2D eigenvalue weighted by Crippen LogP contribution is 2.43. The molecule has 4 aromatic rings. The number of nitrogens with one attached hydrogen (secondary N) is 1. The van der Waals surface area contributed by atoms with Crippen LogP contribution in [-0.2, 0) is 23.9 Å². The van der Waals surface area contributed by atoms with Crippen molar-refractivity contribution in [3.8, 4) is 28.6 Å². The zero-order valence-electron chi connectivity index (χ0n) is 24.1. The summed E-state index contributed by atoms with van der Waals surface area (Å²) in [6, 6.07) is 18.2. The number of aryl methyl sites for hydroxylation is 1. The molecular weight excluding hydrogens is 526 g/mol. The Hall–Kier alpha value is -4.39. The van der Waals surface area contributed by atoms with Gasteiger partial charge in [-0.15, -0.1) is 10.2 Å². The van der Waals surface area contributed by atoms with Crippen molar-refractivity contribution in [2.24, 2.45) is 13.0 Å². The Morgan fingerprint density at radius 2 is 1.90 bits per heavy atom. The SMILES string of the molecule is Cn1cnnc1-c1cc(C#N)ccc1-c1cc(C2CC2)nc(N2Cc3ccc(C(C)(C)NCC4COC4)cc3C2=O)c1. The third kappa shape index (κ3) is 4.77. The van der Waals surface area contributed by atoms with Crippen molar-refractivity contribution in [1.29, 1.82) is 5.26 Å². The van der Waals surface area contributed by atoms with Gasteiger partial charge < -0.3 is 14.6 Å². The van der Waals surface area contributed by atoms with Crippen LogP contribution in [0.25, 0.3) is 22.5 Å². The lowest BCUT2D eigenvalue weighted by Crippen LogP contribution is -2.44. The molecule has 9 heteroatoms. The third-order valence-corrected chi connectivity index (χ3v) is 8.69. The van der Waals surface area contributed by atoms with Gasteiger partial charge in [0.05, 0.1) is 31.4 Å². The van der Waals surface area contributed by atoms with Crippen LogP contribution in [0.15, 0.2) is 54.9 Å². The van der Waals surface area contributed by atoms with Crippen LogP contribution >= 0.6 is 0 Å². The van der Waals surface area contributed by atoms with Gasteiger partial charge in [0.25, 0.3) is 5.91 Å². The lowest BCUT2D eigenvalue weighted by molar-refractivity contribution is -0.0332. The first kappa shape index (κ1) is 26.5. The molecule has 1 aliphatic carbocycles. The molecular formula is C33H33N7O2. The van der Waals surface area contributed by atoms with E-state index in [1.54, 1.807) is 11.2 Å². The molecule has 42 heavy (non-hydrogen) atoms. The van der Waals surface area contributed by atoms with E-state index in [0.29, 0.717) is 35.6 Å². The molecule has 7 rings (SSSR count). The lowest BCUT2D eigenvalue weighted by atomic mass is 9.90. The fraction of sp³-hybridized carbons (Fsp3) is 0.364. The van der Waals surface area contributed by atoms with Crippen molar-refractivity contribution in [2.75, 3.05) is 24.7 Å². The van der Waals surface area contributed by atoms with Gasteiger partial charge >= 0.3 is 0 Å². The summed E-state index contributed by atoms with van der Waals surface area (Å²) < 4.78 is 7.17. The fourth-order valence-corrected chi connectivity index (χ4v) is 5.78. The first-order chi connectivity index (χ1) is 20.3. The number of hydrogen-bond donors (Lipinski definition) is 1. The number of hydrogen-bond acceptors (Lipinski definition) is 7. The van der Waals surface area contributed by atoms with Crippen LogP contribution in [0.5, 0.6) is 0 Å². The first-order valence-electron chi connectivity index (χ1n) is 14.5. The Balaban J connectivity index is 1.24. The van der Waals surface area contributed by atoms with Gasteiger partial charge in [-0.2, -0.15) is 5.26 Å². The smallest absolute Gasteiger partial charge is 0.260 e. The van der Waals surface area contributed by atoms with E-state index in [1.807, 2.05) is 41.9 Å². The highest BCUT2D eigenvalue weighted by atomic mass is 16.5. The zero-order valence-corrected chi connectivity index (χ0v) is 24.1. The quantitative estimate of drug-likeness (QED) is 0.326. The molecule has 0 bridgehead atoms. The lowest BCUT2D eigenvalue weighted by Gasteiger charge is -2.33. The van der Waals surface area contributed by atoms with Crippen molar-refractivity contribution < 1.29 is 9.53 Å². The summed E-state index contributed by atoms with van der Waals surface area (Å²) in [5.41, 5.74) is 6.77. The van der Waals surface area contributed by atoms with E-state index in [1.165, 1.54) is 0 Å². The minimum Gasteiger partial charge on any atom is -0.381 e. The maximum atomic E-state index is 13.9. The number of pyridine rings is 1. The van der Waals surface area contributed by atoms with Crippen molar-refractivity contribution in [3.05, 3.63) is 82.8 Å². The van der Waals surface area contributed by atoms with E-state index in [-0.39, 0.29) is 11.4 Å². The van der Waals surface area contributed by atoms with Crippen molar-refractivity contribution in [3.63, 3.8) is 0 Å². The van der Waals surface area contributed by atoms with Gasteiger partial charge in [0, 0.05) is 47.8 Å². The highest BCUT2D eigenvalue weighted by Gasteiger charge is 2.34. The molecule has 9 nitrogen and oxygen atoms in total. The summed E-state index contributed by atoms with van der Waals surface area (Å²) in [5.74, 6) is 2.22. The monoisotopic (exact) mass is 559 g/mol. The number of carbonyl (C=O) groups is 1. The molecule has 0 atom stereocenters. The molecule has 0 spiro atoms. The summed E-state index contributed by atoms with van der Waals surface area (Å²) in [6.07, 6.45) is 3.83. The number of ether oxygens (including phenoxy) is 1. The number of anilines is 1. The second-order valence-corrected chi connectivity index (χ2v) is 12.2. The van der Waals surface area contributed by atoms with Crippen LogP contribution < -0.4 is 10.2 Å². The van der Waals surface area contributed by atoms with Crippen LogP contribution in [-0.4, -0.2) is 45.4 Å². The summed E-state index contributed by atoms with van der Waals surface area (Å²) in [4.78, 5) is 20.7. The number of nitrogens with zero attached hydrogens (tertiary/aromatic N) is 6. The summed E-state index contributed by atoms with van der Waals surface area (Å²) in [5, 5.41) is 21.7. The van der Waals surface area contributed by atoms with Gasteiger partial charge in [0.2, 0.25) is 0 Å². The number of aromatic nitrogens is 4. The van der Waals surface area contributed by atoms with Crippen molar-refractivity contribution >= 4 is 11.7 Å². The van der Waals surface area contributed by atoms with Gasteiger partial charge in [0.1, 0.15) is 12.1 Å². The topological polar surface area (TPSA) is 109 Å². The number of fused-ring (bicyclic) bond motifs is 1. The molecule has 2 aliphatic heterocycles. The minimum atomic E-state index is -0.276. The molecule has 4 heterocycles. The average Bonchev–Trinajstić information content (AvgIpc) is 3.66. The van der Waals surface area contributed by atoms with Gasteiger partial charge in [-0.05, 0) is 79.3 Å². The van der Waals surface area contributed by atoms with Gasteiger partial charge in [-0.25, -0.2) is 4.98 Å². The van der Waals surface area contributed by atoms with E-state index < -0.39 is 0 Å². The molecule has 2 aromatic heterocycles. The molecule has 2 fully saturated rings. The molecule has 212 valence electrons. The normalized spacial score (nSPS) is 16.8. The number of carbonyl (C=O) groups excluding carboxylic acids is 1. The second kappa shape index (κ2) is 10.2. The second-order valence-electron chi connectivity index (χ2n) is 12.2. The van der Waals surface area contributed by atoms with Crippen LogP contribution in [0.4, 0.5) is 5.82 Å². The minimum absolute atomic E-state index is 0.0326. The molecule has 1 saturated heterocycles. The molecule has 2 aromatic carbocycles. The molecule has 1 N–H and O–H groups in total. The zero-order chi connectivity index (χ0) is 29.0. The molecule has 3 aliphatic rings. The Kier molecular flexibility index (Phi) is 6.41. The molecule has 1 amide bonds. The van der Waals surface area contributed by atoms with E-state index in [2.05, 4.69) is 53.6 Å². The standard InChI is InChI=1S/C33H33N7O2/c1-33(2,35-15-21-17-42-18-21)25-8-7-23-16-40(32(41)27(23)13-25)30-12-24(11-29(37-30)22-5-6-22)26-9-4-20(14-34)10-28(26)31-38-36-19-39(31)3/h4,7-13,19,21-22,35H,5-6,15-18H2,1-3H3. The number of amides is 1. The summed E-state index contributed by atoms with van der Waals surface area (Å²) >= 11 is 0. The maximum Gasteiger partial charge on any atom is 0.260 e. The average molecular weight is 560 g/mol. The number of rotatable bonds is 8. The van der Waals surface area contributed by atoms with Crippen LogP contribution in [0.1, 0.15) is 65.3 Å². The molecule has 1 saturated carbocycles. The molecule has 0 unspecified atom stereocenters.